The molecule has 3 aromatic rings. The average molecular weight is 549 g/mol. The zero-order chi connectivity index (χ0) is 28.3. The lowest BCUT2D eigenvalue weighted by atomic mass is 9.89. The summed E-state index contributed by atoms with van der Waals surface area (Å²) in [6, 6.07) is 21.4. The summed E-state index contributed by atoms with van der Waals surface area (Å²) in [5.74, 6) is -0.538. The lowest BCUT2D eigenvalue weighted by Crippen LogP contribution is -2.47. The predicted molar refractivity (Wildman–Crippen MR) is 153 cm³/mol. The molecule has 0 aromatic heterocycles. The van der Waals surface area contributed by atoms with Gasteiger partial charge < -0.3 is 19.6 Å². The zero-order valence-corrected chi connectivity index (χ0v) is 23.3. The van der Waals surface area contributed by atoms with E-state index in [0.29, 0.717) is 29.2 Å². The van der Waals surface area contributed by atoms with Crippen molar-refractivity contribution in [3.63, 3.8) is 0 Å². The Labute approximate surface area is 233 Å². The number of halogens is 1. The number of para-hydroxylation sites is 1. The van der Waals surface area contributed by atoms with Crippen LogP contribution in [0.5, 0.6) is 5.75 Å². The van der Waals surface area contributed by atoms with Crippen LogP contribution in [-0.2, 0) is 9.59 Å². The van der Waals surface area contributed by atoms with E-state index in [1.54, 1.807) is 67.0 Å². The number of hydrogen-bond acceptors (Lipinski definition) is 4. The van der Waals surface area contributed by atoms with Gasteiger partial charge in [0, 0.05) is 34.9 Å². The van der Waals surface area contributed by atoms with E-state index in [1.165, 1.54) is 0 Å². The number of ether oxygens (including phenoxy) is 1. The summed E-state index contributed by atoms with van der Waals surface area (Å²) in [5.41, 5.74) is 2.05. The number of amides is 2. The molecule has 7 nitrogen and oxygen atoms in total. The van der Waals surface area contributed by atoms with Crippen molar-refractivity contribution < 1.29 is 24.2 Å². The number of rotatable bonds is 8. The minimum Gasteiger partial charge on any atom is -0.494 e. The number of benzene rings is 3. The molecule has 2 unspecified atom stereocenters. The summed E-state index contributed by atoms with van der Waals surface area (Å²) in [6.45, 7) is 7.11. The van der Waals surface area contributed by atoms with E-state index in [1.807, 2.05) is 43.3 Å². The molecule has 0 radical (unpaired) electrons. The van der Waals surface area contributed by atoms with Crippen LogP contribution in [0.4, 0.5) is 11.4 Å². The van der Waals surface area contributed by atoms with Crippen molar-refractivity contribution in [2.75, 3.05) is 16.4 Å². The van der Waals surface area contributed by atoms with E-state index in [2.05, 4.69) is 0 Å². The highest BCUT2D eigenvalue weighted by atomic mass is 35.5. The van der Waals surface area contributed by atoms with Crippen LogP contribution in [-0.4, -0.2) is 35.5 Å². The van der Waals surface area contributed by atoms with Crippen molar-refractivity contribution in [3.8, 4) is 5.75 Å². The largest absolute Gasteiger partial charge is 0.494 e. The number of hydrogen-bond donors (Lipinski definition) is 1. The third-order valence-corrected chi connectivity index (χ3v) is 7.46. The number of carboxylic acid groups (broad SMARTS) is 1. The zero-order valence-electron chi connectivity index (χ0n) is 22.6. The molecule has 8 heteroatoms. The summed E-state index contributed by atoms with van der Waals surface area (Å²) in [6.07, 6.45) is 0.922. The van der Waals surface area contributed by atoms with Crippen LogP contribution in [0, 0.1) is 5.41 Å². The fraction of sp³-hybridized carbons (Fsp3) is 0.323. The third kappa shape index (κ3) is 6.09. The van der Waals surface area contributed by atoms with Crippen molar-refractivity contribution in [2.24, 2.45) is 5.41 Å². The molecule has 0 fully saturated rings. The Bertz CT molecular complexity index is 1350. The van der Waals surface area contributed by atoms with E-state index in [4.69, 9.17) is 16.3 Å². The Kier molecular flexibility index (Phi) is 8.31. The van der Waals surface area contributed by atoms with Crippen molar-refractivity contribution in [1.29, 1.82) is 0 Å². The average Bonchev–Trinajstić information content (AvgIpc) is 2.89. The molecule has 204 valence electrons. The first-order chi connectivity index (χ1) is 18.5. The fourth-order valence-electron chi connectivity index (χ4n) is 4.88. The lowest BCUT2D eigenvalue weighted by Gasteiger charge is -2.43. The molecule has 0 saturated carbocycles. The maximum absolute atomic E-state index is 13.7. The van der Waals surface area contributed by atoms with E-state index in [0.717, 1.165) is 16.9 Å². The topological polar surface area (TPSA) is 87.2 Å². The standard InChI is InChI=1S/C31H33ClN2O5/c1-20-19-28(34(21(2)35)24-13-11-23(32)12-14-24)26-7-5-6-8-27(26)33(20)29(36)22-9-15-25(16-10-22)39-18-17-31(3,4)30(37)38/h5-16,20,28H,17-19H2,1-4H3,(H,37,38). The van der Waals surface area contributed by atoms with Gasteiger partial charge in [0.15, 0.2) is 0 Å². The molecule has 1 N–H and O–H groups in total. The van der Waals surface area contributed by atoms with Crippen LogP contribution in [0.1, 0.15) is 62.5 Å². The minimum absolute atomic E-state index is 0.0913. The molecular formula is C31H33ClN2O5. The van der Waals surface area contributed by atoms with Gasteiger partial charge in [0.05, 0.1) is 18.1 Å². The molecule has 0 bridgehead atoms. The second-order valence-corrected chi connectivity index (χ2v) is 10.9. The first-order valence-corrected chi connectivity index (χ1v) is 13.3. The maximum atomic E-state index is 13.7. The molecule has 2 amide bonds. The van der Waals surface area contributed by atoms with Gasteiger partial charge in [-0.2, -0.15) is 0 Å². The second kappa shape index (κ2) is 11.5. The Morgan fingerprint density at radius 1 is 1.03 bits per heavy atom. The molecule has 0 saturated heterocycles. The number of anilines is 2. The summed E-state index contributed by atoms with van der Waals surface area (Å²) < 4.78 is 5.73. The van der Waals surface area contributed by atoms with Gasteiger partial charge in [-0.05, 0) is 93.8 Å². The van der Waals surface area contributed by atoms with Gasteiger partial charge in [0.2, 0.25) is 5.91 Å². The Balaban J connectivity index is 1.57. The van der Waals surface area contributed by atoms with Gasteiger partial charge in [-0.3, -0.25) is 14.4 Å². The SMILES string of the molecule is CC(=O)N(c1ccc(Cl)cc1)C1CC(C)N(C(=O)c2ccc(OCCC(C)(C)C(=O)O)cc2)c2ccccc21. The summed E-state index contributed by atoms with van der Waals surface area (Å²) in [7, 11) is 0. The molecule has 4 rings (SSSR count). The van der Waals surface area contributed by atoms with E-state index >= 15 is 0 Å². The molecule has 3 aromatic carbocycles. The van der Waals surface area contributed by atoms with Crippen LogP contribution in [0.25, 0.3) is 0 Å². The van der Waals surface area contributed by atoms with E-state index in [-0.39, 0.29) is 30.5 Å². The highest BCUT2D eigenvalue weighted by molar-refractivity contribution is 6.30. The van der Waals surface area contributed by atoms with Crippen molar-refractivity contribution in [3.05, 3.63) is 88.9 Å². The lowest BCUT2D eigenvalue weighted by molar-refractivity contribution is -0.147. The number of carbonyl (C=O) groups excluding carboxylic acids is 2. The van der Waals surface area contributed by atoms with Crippen LogP contribution in [0.2, 0.25) is 5.02 Å². The predicted octanol–water partition coefficient (Wildman–Crippen LogP) is 6.75. The Morgan fingerprint density at radius 3 is 2.28 bits per heavy atom. The minimum atomic E-state index is -0.878. The Morgan fingerprint density at radius 2 is 1.67 bits per heavy atom. The quantitative estimate of drug-likeness (QED) is 0.336. The molecule has 1 aliphatic heterocycles. The van der Waals surface area contributed by atoms with E-state index in [9.17, 15) is 19.5 Å². The van der Waals surface area contributed by atoms with Crippen LogP contribution >= 0.6 is 11.6 Å². The second-order valence-electron chi connectivity index (χ2n) is 10.5. The van der Waals surface area contributed by atoms with Gasteiger partial charge in [0.1, 0.15) is 5.75 Å². The third-order valence-electron chi connectivity index (χ3n) is 7.21. The molecule has 1 aliphatic rings. The number of carboxylic acids is 1. The summed E-state index contributed by atoms with van der Waals surface area (Å²) >= 11 is 6.09. The van der Waals surface area contributed by atoms with E-state index < -0.39 is 11.4 Å². The van der Waals surface area contributed by atoms with Crippen LogP contribution < -0.4 is 14.5 Å². The Hall–Kier alpha value is -3.84. The first-order valence-electron chi connectivity index (χ1n) is 12.9. The van der Waals surface area contributed by atoms with Gasteiger partial charge in [-0.1, -0.05) is 29.8 Å². The molecule has 0 aliphatic carbocycles. The summed E-state index contributed by atoms with van der Waals surface area (Å²) in [4.78, 5) is 41.5. The van der Waals surface area contributed by atoms with Gasteiger partial charge in [0.25, 0.3) is 5.91 Å². The molecule has 2 atom stereocenters. The van der Waals surface area contributed by atoms with Crippen molar-refractivity contribution >= 4 is 40.8 Å². The van der Waals surface area contributed by atoms with Gasteiger partial charge in [-0.15, -0.1) is 0 Å². The first kappa shape index (κ1) is 28.2. The van der Waals surface area contributed by atoms with Crippen molar-refractivity contribution in [2.45, 2.75) is 52.6 Å². The highest BCUT2D eigenvalue weighted by Gasteiger charge is 2.38. The normalized spacial score (nSPS) is 16.8. The maximum Gasteiger partial charge on any atom is 0.309 e. The molecule has 39 heavy (non-hydrogen) atoms. The van der Waals surface area contributed by atoms with Gasteiger partial charge in [-0.25, -0.2) is 0 Å². The fourth-order valence-corrected chi connectivity index (χ4v) is 5.01. The molecular weight excluding hydrogens is 516 g/mol. The monoisotopic (exact) mass is 548 g/mol. The van der Waals surface area contributed by atoms with Crippen LogP contribution in [0.3, 0.4) is 0 Å². The highest BCUT2D eigenvalue weighted by Crippen LogP contribution is 2.43. The number of aliphatic carboxylic acids is 1. The molecule has 1 heterocycles. The number of fused-ring (bicyclic) bond motifs is 1. The number of nitrogens with zero attached hydrogens (tertiary/aromatic N) is 2. The smallest absolute Gasteiger partial charge is 0.309 e. The van der Waals surface area contributed by atoms with Crippen molar-refractivity contribution in [1.82, 2.24) is 0 Å². The summed E-state index contributed by atoms with van der Waals surface area (Å²) in [5, 5.41) is 9.87. The van der Waals surface area contributed by atoms with Gasteiger partial charge >= 0.3 is 5.97 Å². The van der Waals surface area contributed by atoms with Crippen LogP contribution in [0.15, 0.2) is 72.8 Å². The number of carbonyl (C=O) groups is 3. The molecule has 0 spiro atoms.